The first-order valence-electron chi connectivity index (χ1n) is 6.85. The zero-order chi connectivity index (χ0) is 14.7. The molecule has 1 nitrogen and oxygen atoms in total. The van der Waals surface area contributed by atoms with E-state index in [0.717, 1.165) is 22.3 Å². The van der Waals surface area contributed by atoms with Crippen molar-refractivity contribution in [3.8, 4) is 16.9 Å². The van der Waals surface area contributed by atoms with Gasteiger partial charge in [0.15, 0.2) is 0 Å². The molecule has 0 bridgehead atoms. The van der Waals surface area contributed by atoms with Crippen molar-refractivity contribution in [3.05, 3.63) is 88.9 Å². The van der Waals surface area contributed by atoms with E-state index in [1.807, 2.05) is 48.5 Å². The summed E-state index contributed by atoms with van der Waals surface area (Å²) in [5, 5.41) is 10.9. The summed E-state index contributed by atoms with van der Waals surface area (Å²) in [5.41, 5.74) is 3.93. The monoisotopic (exact) mass is 294 g/mol. The second kappa shape index (κ2) is 6.02. The van der Waals surface area contributed by atoms with Gasteiger partial charge in [0.1, 0.15) is 5.75 Å². The molecule has 3 aromatic rings. The molecule has 3 rings (SSSR count). The maximum atomic E-state index is 10.3. The Balaban J connectivity index is 2.13. The molecule has 0 radical (unpaired) electrons. The zero-order valence-electron chi connectivity index (χ0n) is 11.5. The van der Waals surface area contributed by atoms with Crippen molar-refractivity contribution in [1.82, 2.24) is 0 Å². The van der Waals surface area contributed by atoms with Gasteiger partial charge in [0.2, 0.25) is 0 Å². The molecule has 0 fully saturated rings. The normalized spacial score (nSPS) is 10.5. The van der Waals surface area contributed by atoms with Crippen LogP contribution in [0.4, 0.5) is 0 Å². The van der Waals surface area contributed by atoms with Crippen LogP contribution in [-0.2, 0) is 6.42 Å². The largest absolute Gasteiger partial charge is 0.508 e. The predicted octanol–water partition coefficient (Wildman–Crippen LogP) is 5.30. The van der Waals surface area contributed by atoms with Crippen LogP contribution < -0.4 is 0 Å². The van der Waals surface area contributed by atoms with E-state index < -0.39 is 0 Å². The van der Waals surface area contributed by atoms with E-state index in [1.54, 1.807) is 12.1 Å². The molecule has 1 N–H and O–H groups in total. The lowest BCUT2D eigenvalue weighted by Crippen LogP contribution is -1.94. The third-order valence-electron chi connectivity index (χ3n) is 3.52. The van der Waals surface area contributed by atoms with Crippen LogP contribution in [0.3, 0.4) is 0 Å². The van der Waals surface area contributed by atoms with Crippen LogP contribution >= 0.6 is 11.6 Å². The van der Waals surface area contributed by atoms with Gasteiger partial charge in [-0.2, -0.15) is 0 Å². The van der Waals surface area contributed by atoms with Gasteiger partial charge in [-0.25, -0.2) is 0 Å². The first-order chi connectivity index (χ1) is 10.3. The van der Waals surface area contributed by atoms with Crippen LogP contribution in [-0.4, -0.2) is 5.11 Å². The highest BCUT2D eigenvalue weighted by Crippen LogP contribution is 2.37. The molecule has 3 aromatic carbocycles. The van der Waals surface area contributed by atoms with Crippen LogP contribution in [0.25, 0.3) is 11.1 Å². The molecule has 0 saturated carbocycles. The van der Waals surface area contributed by atoms with Crippen LogP contribution in [0.1, 0.15) is 11.1 Å². The number of aromatic hydroxyl groups is 1. The molecule has 0 aliphatic carbocycles. The Kier molecular flexibility index (Phi) is 3.94. The number of rotatable bonds is 3. The summed E-state index contributed by atoms with van der Waals surface area (Å²) >= 11 is 6.39. The summed E-state index contributed by atoms with van der Waals surface area (Å²) in [4.78, 5) is 0. The molecule has 0 unspecified atom stereocenters. The number of benzene rings is 3. The fraction of sp³-hybridized carbons (Fsp3) is 0.0526. The minimum Gasteiger partial charge on any atom is -0.508 e. The summed E-state index contributed by atoms with van der Waals surface area (Å²) in [6.45, 7) is 0. The fourth-order valence-corrected chi connectivity index (χ4v) is 2.79. The molecule has 104 valence electrons. The van der Waals surface area contributed by atoms with Crippen molar-refractivity contribution in [1.29, 1.82) is 0 Å². The second-order valence-corrected chi connectivity index (χ2v) is 5.36. The van der Waals surface area contributed by atoms with E-state index in [9.17, 15) is 5.11 Å². The number of phenolic OH excluding ortho intramolecular Hbond substituents is 1. The van der Waals surface area contributed by atoms with Crippen molar-refractivity contribution in [2.45, 2.75) is 6.42 Å². The van der Waals surface area contributed by atoms with E-state index in [1.165, 1.54) is 0 Å². The molecule has 0 aliphatic rings. The molecular weight excluding hydrogens is 280 g/mol. The van der Waals surface area contributed by atoms with Crippen LogP contribution in [0.2, 0.25) is 5.02 Å². The van der Waals surface area contributed by atoms with E-state index >= 15 is 0 Å². The summed E-state index contributed by atoms with van der Waals surface area (Å²) in [7, 11) is 0. The fourth-order valence-electron chi connectivity index (χ4n) is 2.50. The lowest BCUT2D eigenvalue weighted by atomic mass is 9.94. The SMILES string of the molecule is Oc1ccc(Cl)c(-c2ccccc2)c1Cc1ccccc1. The Hall–Kier alpha value is -2.25. The first kappa shape index (κ1) is 13.7. The van der Waals surface area contributed by atoms with Crippen LogP contribution in [0.5, 0.6) is 5.75 Å². The lowest BCUT2D eigenvalue weighted by Gasteiger charge is -2.14. The minimum absolute atomic E-state index is 0.280. The zero-order valence-corrected chi connectivity index (χ0v) is 12.2. The molecule has 0 amide bonds. The molecule has 0 atom stereocenters. The van der Waals surface area contributed by atoms with Crippen molar-refractivity contribution in [3.63, 3.8) is 0 Å². The maximum Gasteiger partial charge on any atom is 0.119 e. The van der Waals surface area contributed by atoms with Crippen molar-refractivity contribution in [2.75, 3.05) is 0 Å². The van der Waals surface area contributed by atoms with E-state index in [0.29, 0.717) is 11.4 Å². The predicted molar refractivity (Wildman–Crippen MR) is 87.8 cm³/mol. The standard InChI is InChI=1S/C19H15ClO/c20-17-11-12-18(21)16(13-14-7-3-1-4-8-14)19(17)15-9-5-2-6-10-15/h1-12,21H,13H2. The number of halogens is 1. The molecule has 0 heterocycles. The Labute approximate surface area is 129 Å². The number of hydrogen-bond acceptors (Lipinski definition) is 1. The Morgan fingerprint density at radius 2 is 1.38 bits per heavy atom. The van der Waals surface area contributed by atoms with Crippen molar-refractivity contribution in [2.24, 2.45) is 0 Å². The highest BCUT2D eigenvalue weighted by atomic mass is 35.5. The van der Waals surface area contributed by atoms with E-state index in [2.05, 4.69) is 12.1 Å². The van der Waals surface area contributed by atoms with E-state index in [4.69, 9.17) is 11.6 Å². The van der Waals surface area contributed by atoms with Gasteiger partial charge in [0.25, 0.3) is 0 Å². The van der Waals surface area contributed by atoms with Gasteiger partial charge < -0.3 is 5.11 Å². The maximum absolute atomic E-state index is 10.3. The average molecular weight is 295 g/mol. The van der Waals surface area contributed by atoms with Gasteiger partial charge in [0, 0.05) is 22.6 Å². The number of hydrogen-bond donors (Lipinski definition) is 1. The molecule has 0 spiro atoms. The smallest absolute Gasteiger partial charge is 0.119 e. The van der Waals surface area contributed by atoms with E-state index in [-0.39, 0.29) is 5.75 Å². The van der Waals surface area contributed by atoms with Gasteiger partial charge in [0.05, 0.1) is 0 Å². The third-order valence-corrected chi connectivity index (χ3v) is 3.84. The summed E-state index contributed by atoms with van der Waals surface area (Å²) in [6.07, 6.45) is 0.650. The van der Waals surface area contributed by atoms with Gasteiger partial charge >= 0.3 is 0 Å². The summed E-state index contributed by atoms with van der Waals surface area (Å²) in [6, 6.07) is 23.4. The van der Waals surface area contributed by atoms with Gasteiger partial charge in [-0.1, -0.05) is 72.3 Å². The molecular formula is C19H15ClO. The second-order valence-electron chi connectivity index (χ2n) is 4.95. The Morgan fingerprint density at radius 1 is 0.762 bits per heavy atom. The highest BCUT2D eigenvalue weighted by molar-refractivity contribution is 6.33. The highest BCUT2D eigenvalue weighted by Gasteiger charge is 2.14. The summed E-state index contributed by atoms with van der Waals surface area (Å²) in [5.74, 6) is 0.280. The van der Waals surface area contributed by atoms with Gasteiger partial charge in [-0.15, -0.1) is 0 Å². The molecule has 2 heteroatoms. The van der Waals surface area contributed by atoms with Gasteiger partial charge in [-0.05, 0) is 23.3 Å². The third kappa shape index (κ3) is 2.93. The van der Waals surface area contributed by atoms with Crippen molar-refractivity contribution < 1.29 is 5.11 Å². The topological polar surface area (TPSA) is 20.2 Å². The molecule has 0 saturated heterocycles. The Bertz CT molecular complexity index is 736. The molecule has 21 heavy (non-hydrogen) atoms. The Morgan fingerprint density at radius 3 is 2.05 bits per heavy atom. The van der Waals surface area contributed by atoms with Crippen molar-refractivity contribution >= 4 is 11.6 Å². The molecule has 0 aromatic heterocycles. The van der Waals surface area contributed by atoms with Crippen LogP contribution in [0, 0.1) is 0 Å². The lowest BCUT2D eigenvalue weighted by molar-refractivity contribution is 0.470. The van der Waals surface area contributed by atoms with Gasteiger partial charge in [-0.3, -0.25) is 0 Å². The molecule has 0 aliphatic heterocycles. The van der Waals surface area contributed by atoms with Crippen LogP contribution in [0.15, 0.2) is 72.8 Å². The minimum atomic E-state index is 0.280. The quantitative estimate of drug-likeness (QED) is 0.694. The first-order valence-corrected chi connectivity index (χ1v) is 7.23. The summed E-state index contributed by atoms with van der Waals surface area (Å²) < 4.78 is 0. The number of phenols is 1. The average Bonchev–Trinajstić information content (AvgIpc) is 2.53.